The van der Waals surface area contributed by atoms with Crippen LogP contribution in [0.2, 0.25) is 0 Å². The number of benzene rings is 3. The molecule has 0 radical (unpaired) electrons. The van der Waals surface area contributed by atoms with Crippen molar-refractivity contribution in [1.29, 1.82) is 0 Å². The van der Waals surface area contributed by atoms with Gasteiger partial charge < -0.3 is 0 Å². The molecule has 1 nitrogen and oxygen atoms in total. The zero-order valence-corrected chi connectivity index (χ0v) is 17.4. The van der Waals surface area contributed by atoms with Gasteiger partial charge in [0, 0.05) is 0 Å². The van der Waals surface area contributed by atoms with Crippen LogP contribution in [-0.2, 0) is 0 Å². The minimum absolute atomic E-state index is 0. The van der Waals surface area contributed by atoms with Gasteiger partial charge in [0.1, 0.15) is 0 Å². The molecule has 0 saturated heterocycles. The summed E-state index contributed by atoms with van der Waals surface area (Å²) in [5.41, 5.74) is 0. The monoisotopic (exact) mass is 415 g/mol. The Bertz CT molecular complexity index is 635. The van der Waals surface area contributed by atoms with Crippen molar-refractivity contribution < 1.29 is 0 Å². The third kappa shape index (κ3) is 4.39. The zero-order chi connectivity index (χ0) is 16.7. The normalized spacial score (nSPS) is 11.6. The van der Waals surface area contributed by atoms with Gasteiger partial charge in [0.05, 0.1) is 0 Å². The van der Waals surface area contributed by atoms with Crippen molar-refractivity contribution in [1.82, 2.24) is 5.32 Å². The van der Waals surface area contributed by atoms with Crippen LogP contribution < -0.4 is 21.2 Å². The second kappa shape index (κ2) is 9.87. The first-order valence-electron chi connectivity index (χ1n) is 8.69. The first-order valence-corrected chi connectivity index (χ1v) is 10.9. The van der Waals surface area contributed by atoms with Crippen molar-refractivity contribution in [2.45, 2.75) is 6.42 Å². The number of rotatable bonds is 7. The molecule has 132 valence electrons. The molecule has 0 amide bonds. The van der Waals surface area contributed by atoms with Gasteiger partial charge in [0.15, 0.2) is 0 Å². The molecular formula is C22H27BrNP. The summed E-state index contributed by atoms with van der Waals surface area (Å²) in [6.07, 6.45) is 2.40. The van der Waals surface area contributed by atoms with Gasteiger partial charge in [-0.3, -0.25) is 0 Å². The van der Waals surface area contributed by atoms with E-state index in [2.05, 4.69) is 96.3 Å². The molecular weight excluding hydrogens is 389 g/mol. The second-order valence-corrected chi connectivity index (χ2v) is 10.3. The summed E-state index contributed by atoms with van der Waals surface area (Å²) < 4.78 is 0. The Morgan fingerprint density at radius 1 is 0.640 bits per heavy atom. The van der Waals surface area contributed by atoms with Gasteiger partial charge in [-0.05, 0) is 0 Å². The number of halogens is 1. The van der Waals surface area contributed by atoms with Crippen LogP contribution in [0.5, 0.6) is 0 Å². The fourth-order valence-electron chi connectivity index (χ4n) is 3.63. The van der Waals surface area contributed by atoms with Gasteiger partial charge in [-0.1, -0.05) is 0 Å². The summed E-state index contributed by atoms with van der Waals surface area (Å²) in [5, 5.41) is 7.81. The molecule has 0 heterocycles. The van der Waals surface area contributed by atoms with E-state index < -0.39 is 7.26 Å². The first-order chi connectivity index (χ1) is 11.9. The van der Waals surface area contributed by atoms with E-state index in [1.54, 1.807) is 0 Å². The summed E-state index contributed by atoms with van der Waals surface area (Å²) in [4.78, 5) is 0. The predicted molar refractivity (Wildman–Crippen MR) is 120 cm³/mol. The van der Waals surface area contributed by atoms with Crippen LogP contribution in [-0.4, -0.2) is 19.8 Å². The standard InChI is InChI=1S/C22H26NP.BrH/c1-23-18-11-19-24(20-12-5-2-6-13-20,21-14-7-3-8-15-21)22-16-9-4-10-17-22;/h2-10,12-17,23-24H,11,18-19H2,1H3;1H. The summed E-state index contributed by atoms with van der Waals surface area (Å²) in [6, 6.07) is 33.4. The van der Waals surface area contributed by atoms with Crippen LogP contribution in [0, 0.1) is 0 Å². The topological polar surface area (TPSA) is 12.0 Å². The van der Waals surface area contributed by atoms with Gasteiger partial charge in [-0.25, -0.2) is 0 Å². The fraction of sp³-hybridized carbons (Fsp3) is 0.182. The van der Waals surface area contributed by atoms with Crippen LogP contribution in [0.15, 0.2) is 91.0 Å². The van der Waals surface area contributed by atoms with E-state index in [4.69, 9.17) is 0 Å². The number of hydrogen-bond acceptors (Lipinski definition) is 1. The Morgan fingerprint density at radius 3 is 1.32 bits per heavy atom. The summed E-state index contributed by atoms with van der Waals surface area (Å²) >= 11 is 0. The predicted octanol–water partition coefficient (Wildman–Crippen LogP) is 3.90. The molecule has 3 rings (SSSR count). The summed E-state index contributed by atoms with van der Waals surface area (Å²) in [6.45, 7) is 1.06. The third-order valence-electron chi connectivity index (χ3n) is 4.78. The van der Waals surface area contributed by atoms with Crippen molar-refractivity contribution in [3.63, 3.8) is 0 Å². The van der Waals surface area contributed by atoms with Crippen molar-refractivity contribution >= 4 is 40.2 Å². The van der Waals surface area contributed by atoms with Gasteiger partial charge in [-0.15, -0.1) is 17.0 Å². The minimum atomic E-state index is -2.00. The summed E-state index contributed by atoms with van der Waals surface area (Å²) in [5.74, 6) is 0. The molecule has 0 unspecified atom stereocenters. The summed E-state index contributed by atoms with van der Waals surface area (Å²) in [7, 11) is 0.0374. The van der Waals surface area contributed by atoms with E-state index in [0.717, 1.165) is 6.54 Å². The van der Waals surface area contributed by atoms with Gasteiger partial charge >= 0.3 is 146 Å². The molecule has 3 heteroatoms. The Morgan fingerprint density at radius 2 is 1.00 bits per heavy atom. The van der Waals surface area contributed by atoms with Gasteiger partial charge in [0.25, 0.3) is 0 Å². The number of nitrogens with one attached hydrogen (secondary N) is 1. The molecule has 0 aromatic heterocycles. The molecule has 0 aliphatic carbocycles. The average molecular weight is 416 g/mol. The molecule has 0 saturated carbocycles. The number of hydrogen-bond donors (Lipinski definition) is 1. The fourth-order valence-corrected chi connectivity index (χ4v) is 8.49. The molecule has 25 heavy (non-hydrogen) atoms. The third-order valence-corrected chi connectivity index (χ3v) is 9.84. The maximum absolute atomic E-state index is 3.32. The molecule has 0 aliphatic heterocycles. The molecule has 0 bridgehead atoms. The Balaban J connectivity index is 0.00000225. The van der Waals surface area contributed by atoms with Crippen LogP contribution in [0.25, 0.3) is 0 Å². The van der Waals surface area contributed by atoms with Crippen LogP contribution in [0.4, 0.5) is 0 Å². The molecule has 3 aromatic carbocycles. The average Bonchev–Trinajstić information content (AvgIpc) is 2.68. The van der Waals surface area contributed by atoms with Gasteiger partial charge in [0.2, 0.25) is 0 Å². The van der Waals surface area contributed by atoms with Crippen molar-refractivity contribution in [2.75, 3.05) is 19.8 Å². The van der Waals surface area contributed by atoms with Crippen LogP contribution in [0.3, 0.4) is 0 Å². The van der Waals surface area contributed by atoms with E-state index in [0.29, 0.717) is 0 Å². The van der Waals surface area contributed by atoms with Crippen LogP contribution >= 0.6 is 24.2 Å². The van der Waals surface area contributed by atoms with Crippen molar-refractivity contribution in [3.8, 4) is 0 Å². The molecule has 0 aliphatic rings. The first kappa shape index (κ1) is 19.8. The van der Waals surface area contributed by atoms with E-state index in [-0.39, 0.29) is 17.0 Å². The van der Waals surface area contributed by atoms with Crippen molar-refractivity contribution in [3.05, 3.63) is 91.0 Å². The Labute approximate surface area is 162 Å². The molecule has 0 spiro atoms. The Kier molecular flexibility index (Phi) is 7.84. The maximum atomic E-state index is 3.32. The van der Waals surface area contributed by atoms with E-state index in [9.17, 15) is 0 Å². The van der Waals surface area contributed by atoms with E-state index >= 15 is 0 Å². The molecule has 0 fully saturated rings. The Hall–Kier alpha value is -1.47. The second-order valence-electron chi connectivity index (χ2n) is 6.21. The van der Waals surface area contributed by atoms with E-state index in [1.807, 2.05) is 7.05 Å². The van der Waals surface area contributed by atoms with Crippen LogP contribution in [0.1, 0.15) is 6.42 Å². The zero-order valence-electron chi connectivity index (χ0n) is 14.7. The van der Waals surface area contributed by atoms with Crippen molar-refractivity contribution in [2.24, 2.45) is 0 Å². The molecule has 3 aromatic rings. The van der Waals surface area contributed by atoms with E-state index in [1.165, 1.54) is 28.5 Å². The van der Waals surface area contributed by atoms with Gasteiger partial charge in [-0.2, -0.15) is 0 Å². The SMILES string of the molecule is Br.CNCCC[PH](c1ccccc1)(c1ccccc1)c1ccccc1. The molecule has 0 atom stereocenters. The quantitative estimate of drug-likeness (QED) is 0.455. The molecule has 1 N–H and O–H groups in total.